The Hall–Kier alpha value is -1.82. The first-order valence-electron chi connectivity index (χ1n) is 6.89. The van der Waals surface area contributed by atoms with Crippen molar-refractivity contribution in [2.45, 2.75) is 24.5 Å². The summed E-state index contributed by atoms with van der Waals surface area (Å²) in [4.78, 5) is 16.4. The number of hydrogen-bond acceptors (Lipinski definition) is 9. The highest BCUT2D eigenvalue weighted by atomic mass is 31.1. The smallest absolute Gasteiger partial charge is 0.316 e. The van der Waals surface area contributed by atoms with Crippen LogP contribution in [0.1, 0.15) is 6.23 Å². The van der Waals surface area contributed by atoms with Gasteiger partial charge in [0, 0.05) is 0 Å². The second-order valence-electron chi connectivity index (χ2n) is 5.33. The van der Waals surface area contributed by atoms with Crippen molar-refractivity contribution in [3.05, 3.63) is 6.33 Å². The number of ether oxygens (including phenoxy) is 1. The SMILES string of the molecule is C[n+]1cn([C@@H]2O[C@H](CO[PH](=O)O)C(O)C2O)c2nc(N)nc(O)c21. The van der Waals surface area contributed by atoms with Gasteiger partial charge in [0.05, 0.1) is 13.7 Å². The topological polar surface area (TPSA) is 177 Å². The van der Waals surface area contributed by atoms with Gasteiger partial charge in [-0.1, -0.05) is 0 Å². The van der Waals surface area contributed by atoms with Crippen molar-refractivity contribution in [2.75, 3.05) is 12.3 Å². The van der Waals surface area contributed by atoms with Crippen LogP contribution in [0.15, 0.2) is 6.33 Å². The molecule has 1 aliphatic heterocycles. The van der Waals surface area contributed by atoms with E-state index >= 15 is 0 Å². The van der Waals surface area contributed by atoms with E-state index < -0.39 is 32.8 Å². The molecule has 1 aliphatic rings. The highest BCUT2D eigenvalue weighted by Gasteiger charge is 2.48. The molecule has 2 aromatic rings. The number of nitrogens with zero attached hydrogens (tertiary/aromatic N) is 4. The molecule has 12 nitrogen and oxygen atoms in total. The van der Waals surface area contributed by atoms with Gasteiger partial charge in [-0.05, 0) is 0 Å². The van der Waals surface area contributed by atoms with Gasteiger partial charge in [0.2, 0.25) is 18.5 Å². The Labute approximate surface area is 135 Å². The Kier molecular flexibility index (Phi) is 4.42. The summed E-state index contributed by atoms with van der Waals surface area (Å²) in [6.45, 7) is -0.364. The zero-order chi connectivity index (χ0) is 17.6. The van der Waals surface area contributed by atoms with E-state index in [2.05, 4.69) is 14.5 Å². The van der Waals surface area contributed by atoms with Crippen LogP contribution in [0.4, 0.5) is 5.95 Å². The molecule has 13 heteroatoms. The fourth-order valence-corrected chi connectivity index (χ4v) is 2.99. The third kappa shape index (κ3) is 2.83. The van der Waals surface area contributed by atoms with Crippen molar-refractivity contribution in [3.63, 3.8) is 0 Å². The molecule has 1 saturated heterocycles. The average molecular weight is 362 g/mol. The first-order chi connectivity index (χ1) is 11.3. The minimum absolute atomic E-state index is 0.174. The lowest BCUT2D eigenvalue weighted by Gasteiger charge is -2.12. The van der Waals surface area contributed by atoms with Crippen LogP contribution in [-0.4, -0.2) is 59.7 Å². The number of nitrogens with two attached hydrogens (primary N) is 1. The van der Waals surface area contributed by atoms with Gasteiger partial charge in [-0.15, -0.1) is 0 Å². The van der Waals surface area contributed by atoms with E-state index in [0.29, 0.717) is 0 Å². The maximum absolute atomic E-state index is 10.6. The number of fused-ring (bicyclic) bond motifs is 1. The van der Waals surface area contributed by atoms with E-state index in [1.54, 1.807) is 7.05 Å². The molecule has 3 rings (SSSR count). The summed E-state index contributed by atoms with van der Waals surface area (Å²) in [6, 6.07) is 0. The number of imidazole rings is 1. The molecule has 2 aromatic heterocycles. The van der Waals surface area contributed by atoms with Crippen LogP contribution in [-0.2, 0) is 20.9 Å². The number of nitrogen functional groups attached to an aromatic ring is 1. The predicted octanol–water partition coefficient (Wildman–Crippen LogP) is -2.44. The number of aryl methyl sites for hydroxylation is 1. The van der Waals surface area contributed by atoms with Crippen LogP contribution in [0.5, 0.6) is 5.88 Å². The molecule has 0 amide bonds. The van der Waals surface area contributed by atoms with Crippen molar-refractivity contribution in [3.8, 4) is 5.88 Å². The highest BCUT2D eigenvalue weighted by Crippen LogP contribution is 2.33. The average Bonchev–Trinajstić information content (AvgIpc) is 2.96. The van der Waals surface area contributed by atoms with Gasteiger partial charge in [0.15, 0.2) is 0 Å². The van der Waals surface area contributed by atoms with E-state index in [4.69, 9.17) is 15.4 Å². The van der Waals surface area contributed by atoms with E-state index in [9.17, 15) is 19.9 Å². The van der Waals surface area contributed by atoms with Gasteiger partial charge in [0.25, 0.3) is 17.0 Å². The zero-order valence-electron chi connectivity index (χ0n) is 12.5. The molecule has 3 unspecified atom stereocenters. The van der Waals surface area contributed by atoms with Crippen LogP contribution in [0.25, 0.3) is 11.2 Å². The number of aliphatic hydroxyl groups is 2. The molecule has 3 heterocycles. The van der Waals surface area contributed by atoms with Gasteiger partial charge >= 0.3 is 8.25 Å². The third-order valence-corrected chi connectivity index (χ3v) is 4.16. The molecule has 0 spiro atoms. The molecule has 0 aromatic carbocycles. The van der Waals surface area contributed by atoms with Crippen LogP contribution < -0.4 is 10.3 Å². The summed E-state index contributed by atoms with van der Waals surface area (Å²) in [5.74, 6) is -0.516. The summed E-state index contributed by atoms with van der Waals surface area (Å²) in [7, 11) is -1.57. The van der Waals surface area contributed by atoms with Crippen LogP contribution in [0.3, 0.4) is 0 Å². The summed E-state index contributed by atoms with van der Waals surface area (Å²) in [5.41, 5.74) is 5.98. The summed E-state index contributed by atoms with van der Waals surface area (Å²) < 4.78 is 23.6. The first kappa shape index (κ1) is 17.0. The number of rotatable bonds is 4. The fourth-order valence-electron chi connectivity index (χ4n) is 2.68. The lowest BCUT2D eigenvalue weighted by Crippen LogP contribution is -2.33. The second-order valence-corrected chi connectivity index (χ2v) is 6.15. The van der Waals surface area contributed by atoms with Crippen molar-refractivity contribution < 1.29 is 38.6 Å². The molecule has 0 bridgehead atoms. The molecule has 5 atom stereocenters. The number of aromatic nitrogens is 4. The van der Waals surface area contributed by atoms with Gasteiger partial charge in [-0.3, -0.25) is 4.57 Å². The lowest BCUT2D eigenvalue weighted by atomic mass is 10.1. The predicted molar refractivity (Wildman–Crippen MR) is 77.9 cm³/mol. The molecular weight excluding hydrogens is 345 g/mol. The monoisotopic (exact) mass is 362 g/mol. The minimum Gasteiger partial charge on any atom is -0.490 e. The van der Waals surface area contributed by atoms with E-state index in [0.717, 1.165) is 0 Å². The van der Waals surface area contributed by atoms with Crippen molar-refractivity contribution >= 4 is 25.4 Å². The molecule has 1 fully saturated rings. The van der Waals surface area contributed by atoms with Crippen molar-refractivity contribution in [2.24, 2.45) is 7.05 Å². The van der Waals surface area contributed by atoms with E-state index in [1.807, 2.05) is 0 Å². The van der Waals surface area contributed by atoms with E-state index in [-0.39, 0.29) is 29.6 Å². The summed E-state index contributed by atoms with van der Waals surface area (Å²) in [5, 5.41) is 30.2. The number of aliphatic hydroxyl groups excluding tert-OH is 2. The normalized spacial score (nSPS) is 28.5. The Morgan fingerprint density at radius 1 is 1.46 bits per heavy atom. The summed E-state index contributed by atoms with van der Waals surface area (Å²) >= 11 is 0. The van der Waals surface area contributed by atoms with Gasteiger partial charge in [0.1, 0.15) is 18.3 Å². The molecule has 0 saturated carbocycles. The standard InChI is InChI=1S/C11H16N5O7P/c1-15-3-16(8-5(15)9(19)14-11(12)13-8)10-7(18)6(17)4(23-10)2-22-24(20)21/h3-4,6-7,10,17-18,24H,2H2,1H3,(H3-,12,13,14,19,20,21)/p+1/t4-,6?,7?,10-/m1/s1. The maximum Gasteiger partial charge on any atom is 0.316 e. The number of aromatic hydroxyl groups is 1. The Bertz CT molecular complexity index is 799. The molecule has 24 heavy (non-hydrogen) atoms. The van der Waals surface area contributed by atoms with Crippen LogP contribution in [0.2, 0.25) is 0 Å². The summed E-state index contributed by atoms with van der Waals surface area (Å²) in [6.07, 6.45) is -3.29. The van der Waals surface area contributed by atoms with E-state index in [1.165, 1.54) is 15.5 Å². The molecular formula is C11H17N5O7P+. The minimum atomic E-state index is -3.19. The maximum atomic E-state index is 10.6. The first-order valence-corrected chi connectivity index (χ1v) is 8.16. The van der Waals surface area contributed by atoms with Gasteiger partial charge in [-0.2, -0.15) is 14.5 Å². The fraction of sp³-hybridized carbons (Fsp3) is 0.545. The van der Waals surface area contributed by atoms with Crippen LogP contribution >= 0.6 is 8.25 Å². The van der Waals surface area contributed by atoms with Crippen molar-refractivity contribution in [1.29, 1.82) is 0 Å². The highest BCUT2D eigenvalue weighted by molar-refractivity contribution is 7.32. The number of hydrogen-bond donors (Lipinski definition) is 5. The van der Waals surface area contributed by atoms with Gasteiger partial charge in [-0.25, -0.2) is 4.57 Å². The van der Waals surface area contributed by atoms with Crippen molar-refractivity contribution in [1.82, 2.24) is 14.5 Å². The quantitative estimate of drug-likeness (QED) is 0.290. The Morgan fingerprint density at radius 3 is 2.83 bits per heavy atom. The Morgan fingerprint density at radius 2 is 2.17 bits per heavy atom. The Balaban J connectivity index is 1.97. The molecule has 6 N–H and O–H groups in total. The lowest BCUT2D eigenvalue weighted by molar-refractivity contribution is -0.646. The van der Waals surface area contributed by atoms with Gasteiger partial charge < -0.3 is 35.2 Å². The molecule has 0 radical (unpaired) electrons. The molecule has 0 aliphatic carbocycles. The molecule has 132 valence electrons. The second kappa shape index (κ2) is 6.24. The number of anilines is 1. The van der Waals surface area contributed by atoms with Crippen LogP contribution in [0, 0.1) is 0 Å². The largest absolute Gasteiger partial charge is 0.490 e. The third-order valence-electron chi connectivity index (χ3n) is 3.74. The zero-order valence-corrected chi connectivity index (χ0v) is 13.5.